The molecular weight excluding hydrogens is 233 g/mol. The molecule has 0 saturated heterocycles. The summed E-state index contributed by atoms with van der Waals surface area (Å²) < 4.78 is 15.9. The number of benzene rings is 1. The second-order valence-electron chi connectivity index (χ2n) is 3.12. The number of rotatable bonds is 0. The molecule has 13 heavy (non-hydrogen) atoms. The van der Waals surface area contributed by atoms with Gasteiger partial charge in [-0.1, -0.05) is 0 Å². The highest BCUT2D eigenvalue weighted by atomic mass is 79.9. The molecule has 0 saturated carbocycles. The van der Waals surface area contributed by atoms with Crippen LogP contribution in [0.1, 0.15) is 5.69 Å². The Kier molecular flexibility index (Phi) is 1.91. The minimum Gasteiger partial charge on any atom is -0.347 e. The van der Waals surface area contributed by atoms with Crippen molar-refractivity contribution in [3.8, 4) is 0 Å². The average molecular weight is 242 g/mol. The fourth-order valence-corrected chi connectivity index (χ4v) is 2.09. The van der Waals surface area contributed by atoms with Crippen LogP contribution in [0.3, 0.4) is 0 Å². The number of hydrogen-bond acceptors (Lipinski definition) is 0. The van der Waals surface area contributed by atoms with E-state index < -0.39 is 0 Å². The lowest BCUT2D eigenvalue weighted by atomic mass is 10.2. The van der Waals surface area contributed by atoms with Gasteiger partial charge in [-0.15, -0.1) is 0 Å². The highest BCUT2D eigenvalue weighted by molar-refractivity contribution is 9.10. The maximum absolute atomic E-state index is 12.9. The number of aryl methyl sites for hydroxylation is 1. The largest absolute Gasteiger partial charge is 0.347 e. The maximum atomic E-state index is 12.9. The Morgan fingerprint density at radius 2 is 2.08 bits per heavy atom. The first-order chi connectivity index (χ1) is 6.11. The Labute approximate surface area is 84.3 Å². The molecule has 0 aliphatic rings. The first-order valence-corrected chi connectivity index (χ1v) is 4.80. The maximum Gasteiger partial charge on any atom is 0.125 e. The highest BCUT2D eigenvalue weighted by Gasteiger charge is 2.09. The third-order valence-electron chi connectivity index (χ3n) is 2.38. The third kappa shape index (κ3) is 1.18. The first kappa shape index (κ1) is 8.75. The van der Waals surface area contributed by atoms with E-state index in [9.17, 15) is 4.39 Å². The van der Waals surface area contributed by atoms with Crippen LogP contribution in [0.2, 0.25) is 0 Å². The van der Waals surface area contributed by atoms with E-state index in [4.69, 9.17) is 0 Å². The van der Waals surface area contributed by atoms with Crippen LogP contribution in [0.15, 0.2) is 22.7 Å². The van der Waals surface area contributed by atoms with E-state index in [1.807, 2.05) is 18.5 Å². The van der Waals surface area contributed by atoms with Gasteiger partial charge in [0.2, 0.25) is 0 Å². The Balaban J connectivity index is 2.95. The van der Waals surface area contributed by atoms with Gasteiger partial charge in [-0.2, -0.15) is 0 Å². The molecule has 3 heteroatoms. The Hall–Kier alpha value is -0.830. The van der Waals surface area contributed by atoms with E-state index >= 15 is 0 Å². The van der Waals surface area contributed by atoms with E-state index in [-0.39, 0.29) is 5.82 Å². The smallest absolute Gasteiger partial charge is 0.125 e. The molecular formula is C10H9BrFN. The molecule has 0 unspecified atom stereocenters. The second-order valence-corrected chi connectivity index (χ2v) is 3.91. The SMILES string of the molecule is Cc1c(Br)c2ccc(F)cc2n1C. The molecule has 1 nitrogen and oxygen atoms in total. The van der Waals surface area contributed by atoms with Gasteiger partial charge >= 0.3 is 0 Å². The number of aromatic nitrogens is 1. The zero-order valence-electron chi connectivity index (χ0n) is 7.44. The number of nitrogens with zero attached hydrogens (tertiary/aromatic N) is 1. The van der Waals surface area contributed by atoms with E-state index in [0.29, 0.717) is 0 Å². The summed E-state index contributed by atoms with van der Waals surface area (Å²) in [5.41, 5.74) is 2.03. The molecule has 0 fully saturated rings. The van der Waals surface area contributed by atoms with Gasteiger partial charge in [0, 0.05) is 22.6 Å². The van der Waals surface area contributed by atoms with E-state index in [1.54, 1.807) is 12.1 Å². The fraction of sp³-hybridized carbons (Fsp3) is 0.200. The molecule has 0 N–H and O–H groups in total. The normalized spacial score (nSPS) is 11.1. The van der Waals surface area contributed by atoms with Gasteiger partial charge in [-0.25, -0.2) is 4.39 Å². The molecule has 0 radical (unpaired) electrons. The summed E-state index contributed by atoms with van der Waals surface area (Å²) in [4.78, 5) is 0. The van der Waals surface area contributed by atoms with Crippen LogP contribution in [0.25, 0.3) is 10.9 Å². The zero-order valence-corrected chi connectivity index (χ0v) is 9.02. The number of fused-ring (bicyclic) bond motifs is 1. The molecule has 0 bridgehead atoms. The second kappa shape index (κ2) is 2.84. The van der Waals surface area contributed by atoms with Crippen molar-refractivity contribution in [3.05, 3.63) is 34.2 Å². The Morgan fingerprint density at radius 3 is 2.77 bits per heavy atom. The van der Waals surface area contributed by atoms with Crippen molar-refractivity contribution in [2.75, 3.05) is 0 Å². The molecule has 2 aromatic rings. The summed E-state index contributed by atoms with van der Waals surface area (Å²) in [7, 11) is 1.93. The minimum atomic E-state index is -0.194. The lowest BCUT2D eigenvalue weighted by Crippen LogP contribution is -1.89. The molecule has 0 aliphatic carbocycles. The van der Waals surface area contributed by atoms with Crippen LogP contribution in [0.5, 0.6) is 0 Å². The summed E-state index contributed by atoms with van der Waals surface area (Å²) in [5, 5.41) is 1.06. The van der Waals surface area contributed by atoms with E-state index in [1.165, 1.54) is 6.07 Å². The standard InChI is InChI=1S/C10H9BrFN/c1-6-10(11)8-4-3-7(12)5-9(8)13(6)2/h3-5H,1-2H3. The molecule has 0 spiro atoms. The lowest BCUT2D eigenvalue weighted by Gasteiger charge is -1.97. The molecule has 1 aromatic heterocycles. The predicted molar refractivity (Wildman–Crippen MR) is 55.3 cm³/mol. The molecule has 0 amide bonds. The van der Waals surface area contributed by atoms with Crippen LogP contribution < -0.4 is 0 Å². The average Bonchev–Trinajstić information content (AvgIpc) is 2.32. The van der Waals surface area contributed by atoms with Crippen molar-refractivity contribution in [1.82, 2.24) is 4.57 Å². The molecule has 1 aromatic carbocycles. The summed E-state index contributed by atoms with van der Waals surface area (Å²) in [5.74, 6) is -0.194. The van der Waals surface area contributed by atoms with Crippen LogP contribution in [0, 0.1) is 12.7 Å². The minimum absolute atomic E-state index is 0.194. The molecule has 0 atom stereocenters. The number of hydrogen-bond donors (Lipinski definition) is 0. The predicted octanol–water partition coefficient (Wildman–Crippen LogP) is 3.39. The van der Waals surface area contributed by atoms with Crippen LogP contribution >= 0.6 is 15.9 Å². The summed E-state index contributed by atoms with van der Waals surface area (Å²) in [6, 6.07) is 4.82. The summed E-state index contributed by atoms with van der Waals surface area (Å²) in [6.07, 6.45) is 0. The van der Waals surface area contributed by atoms with Gasteiger partial charge in [0.05, 0.1) is 5.52 Å². The van der Waals surface area contributed by atoms with Gasteiger partial charge in [0.15, 0.2) is 0 Å². The van der Waals surface area contributed by atoms with E-state index in [2.05, 4.69) is 15.9 Å². The molecule has 1 heterocycles. The van der Waals surface area contributed by atoms with Crippen molar-refractivity contribution in [2.24, 2.45) is 7.05 Å². The van der Waals surface area contributed by atoms with Gasteiger partial charge in [0.25, 0.3) is 0 Å². The van der Waals surface area contributed by atoms with Crippen molar-refractivity contribution in [2.45, 2.75) is 6.92 Å². The van der Waals surface area contributed by atoms with Gasteiger partial charge < -0.3 is 4.57 Å². The Bertz CT molecular complexity index is 473. The monoisotopic (exact) mass is 241 g/mol. The molecule has 68 valence electrons. The van der Waals surface area contributed by atoms with Crippen molar-refractivity contribution < 1.29 is 4.39 Å². The number of halogens is 2. The lowest BCUT2D eigenvalue weighted by molar-refractivity contribution is 0.629. The molecule has 2 rings (SSSR count). The highest BCUT2D eigenvalue weighted by Crippen LogP contribution is 2.29. The first-order valence-electron chi connectivity index (χ1n) is 4.01. The molecule has 0 aliphatic heterocycles. The third-order valence-corrected chi connectivity index (χ3v) is 3.38. The van der Waals surface area contributed by atoms with Crippen LogP contribution in [-0.4, -0.2) is 4.57 Å². The summed E-state index contributed by atoms with van der Waals surface area (Å²) >= 11 is 3.48. The van der Waals surface area contributed by atoms with Gasteiger partial charge in [-0.3, -0.25) is 0 Å². The van der Waals surface area contributed by atoms with Crippen molar-refractivity contribution in [1.29, 1.82) is 0 Å². The van der Waals surface area contributed by atoms with E-state index in [0.717, 1.165) is 21.1 Å². The van der Waals surface area contributed by atoms with Gasteiger partial charge in [0.1, 0.15) is 5.82 Å². The Morgan fingerprint density at radius 1 is 1.38 bits per heavy atom. The van der Waals surface area contributed by atoms with Crippen molar-refractivity contribution in [3.63, 3.8) is 0 Å². The quantitative estimate of drug-likeness (QED) is 0.667. The fourth-order valence-electron chi connectivity index (χ4n) is 1.49. The summed E-state index contributed by atoms with van der Waals surface area (Å²) in [6.45, 7) is 2.00. The van der Waals surface area contributed by atoms with Crippen LogP contribution in [-0.2, 0) is 7.05 Å². The van der Waals surface area contributed by atoms with Crippen LogP contribution in [0.4, 0.5) is 4.39 Å². The zero-order chi connectivity index (χ0) is 9.59. The topological polar surface area (TPSA) is 4.93 Å². The van der Waals surface area contributed by atoms with Crippen molar-refractivity contribution >= 4 is 26.8 Å². The van der Waals surface area contributed by atoms with Gasteiger partial charge in [-0.05, 0) is 41.1 Å².